The summed E-state index contributed by atoms with van der Waals surface area (Å²) in [5.41, 5.74) is 1.20. The third-order valence-corrected chi connectivity index (χ3v) is 3.70. The van der Waals surface area contributed by atoms with Crippen LogP contribution in [0.1, 0.15) is 5.56 Å². The van der Waals surface area contributed by atoms with Gasteiger partial charge in [-0.15, -0.1) is 0 Å². The molecule has 0 aliphatic carbocycles. The average molecular weight is 233 g/mol. The van der Waals surface area contributed by atoms with Gasteiger partial charge in [-0.1, -0.05) is 30.3 Å². The molecule has 1 aromatic carbocycles. The summed E-state index contributed by atoms with van der Waals surface area (Å²) in [6, 6.07) is 11.0. The molecule has 4 rings (SSSR count). The van der Waals surface area contributed by atoms with E-state index < -0.39 is 0 Å². The lowest BCUT2D eigenvalue weighted by Crippen LogP contribution is -2.41. The lowest BCUT2D eigenvalue weighted by Gasteiger charge is -2.25. The van der Waals surface area contributed by atoms with Crippen molar-refractivity contribution in [1.29, 1.82) is 0 Å². The van der Waals surface area contributed by atoms with Crippen molar-refractivity contribution < 1.29 is 14.2 Å². The third-order valence-electron chi connectivity index (χ3n) is 3.70. The molecule has 3 aliphatic heterocycles. The Balaban J connectivity index is 1.43. The second kappa shape index (κ2) is 3.78. The van der Waals surface area contributed by atoms with E-state index in [1.54, 1.807) is 0 Å². The summed E-state index contributed by atoms with van der Waals surface area (Å²) < 4.78 is 17.3. The largest absolute Gasteiger partial charge is 0.369 e. The lowest BCUT2D eigenvalue weighted by atomic mass is 10.1. The highest BCUT2D eigenvalue weighted by Gasteiger charge is 2.59. The van der Waals surface area contributed by atoms with Gasteiger partial charge in [0.2, 0.25) is 0 Å². The molecule has 3 saturated heterocycles. The quantitative estimate of drug-likeness (QED) is 0.779. The van der Waals surface area contributed by atoms with Crippen molar-refractivity contribution >= 4 is 0 Å². The zero-order chi connectivity index (χ0) is 11.2. The van der Waals surface area contributed by atoms with Gasteiger partial charge in [0.1, 0.15) is 12.2 Å². The highest BCUT2D eigenvalue weighted by Crippen LogP contribution is 2.37. The smallest absolute Gasteiger partial charge is 0.175 e. The maximum Gasteiger partial charge on any atom is 0.175 e. The molecule has 1 aromatic rings. The van der Waals surface area contributed by atoms with Crippen LogP contribution in [0, 0.1) is 0 Å². The fourth-order valence-corrected chi connectivity index (χ4v) is 2.72. The van der Waals surface area contributed by atoms with E-state index >= 15 is 0 Å². The molecule has 4 nitrogen and oxygen atoms in total. The summed E-state index contributed by atoms with van der Waals surface area (Å²) in [6.07, 6.45) is 0.181. The number of ether oxygens (including phenoxy) is 3. The van der Waals surface area contributed by atoms with Crippen molar-refractivity contribution in [2.75, 3.05) is 6.61 Å². The first kappa shape index (κ1) is 10.0. The second-order valence-corrected chi connectivity index (χ2v) is 4.86. The number of hydrogen-bond acceptors (Lipinski definition) is 4. The fourth-order valence-electron chi connectivity index (χ4n) is 2.72. The van der Waals surface area contributed by atoms with Gasteiger partial charge in [-0.25, -0.2) is 0 Å². The highest BCUT2D eigenvalue weighted by atomic mass is 16.7. The number of nitrogens with one attached hydrogen (secondary N) is 1. The first-order chi connectivity index (χ1) is 8.42. The van der Waals surface area contributed by atoms with Crippen molar-refractivity contribution in [3.63, 3.8) is 0 Å². The van der Waals surface area contributed by atoms with Crippen molar-refractivity contribution in [3.05, 3.63) is 35.9 Å². The monoisotopic (exact) mass is 233 g/mol. The van der Waals surface area contributed by atoms with E-state index in [0.29, 0.717) is 25.3 Å². The molecule has 1 N–H and O–H groups in total. The zero-order valence-corrected chi connectivity index (χ0v) is 9.41. The van der Waals surface area contributed by atoms with Crippen LogP contribution in [0.3, 0.4) is 0 Å². The Bertz CT molecular complexity index is 410. The van der Waals surface area contributed by atoms with E-state index in [1.165, 1.54) is 5.56 Å². The molecule has 3 fully saturated rings. The van der Waals surface area contributed by atoms with Crippen molar-refractivity contribution in [2.45, 2.75) is 37.2 Å². The van der Waals surface area contributed by atoms with Crippen molar-refractivity contribution in [1.82, 2.24) is 5.32 Å². The highest BCUT2D eigenvalue weighted by molar-refractivity contribution is 5.15. The topological polar surface area (TPSA) is 49.6 Å². The molecule has 2 bridgehead atoms. The summed E-state index contributed by atoms with van der Waals surface area (Å²) in [5, 5.41) is 3.37. The number of hydrogen-bond donors (Lipinski definition) is 1. The van der Waals surface area contributed by atoms with Gasteiger partial charge in [0.25, 0.3) is 0 Å². The predicted octanol–water partition coefficient (Wildman–Crippen LogP) is 0.667. The first-order valence-electron chi connectivity index (χ1n) is 6.10. The molecular weight excluding hydrogens is 218 g/mol. The van der Waals surface area contributed by atoms with E-state index in [4.69, 9.17) is 14.2 Å². The Labute approximate surface area is 99.9 Å². The Morgan fingerprint density at radius 3 is 3.00 bits per heavy atom. The van der Waals surface area contributed by atoms with Crippen LogP contribution in [0.25, 0.3) is 0 Å². The minimum absolute atomic E-state index is 0.0402. The van der Waals surface area contributed by atoms with E-state index in [0.717, 1.165) is 0 Å². The molecule has 17 heavy (non-hydrogen) atoms. The van der Waals surface area contributed by atoms with Gasteiger partial charge >= 0.3 is 0 Å². The molecule has 0 saturated carbocycles. The van der Waals surface area contributed by atoms with Crippen LogP contribution in [0.15, 0.2) is 30.3 Å². The summed E-state index contributed by atoms with van der Waals surface area (Å²) in [7, 11) is 0. The van der Waals surface area contributed by atoms with Crippen LogP contribution in [0.2, 0.25) is 0 Å². The minimum atomic E-state index is -0.0402. The van der Waals surface area contributed by atoms with E-state index in [9.17, 15) is 0 Å². The van der Waals surface area contributed by atoms with Crippen LogP contribution in [-0.2, 0) is 20.8 Å². The van der Waals surface area contributed by atoms with E-state index in [2.05, 4.69) is 17.4 Å². The van der Waals surface area contributed by atoms with Gasteiger partial charge in [-0.2, -0.15) is 0 Å². The number of rotatable bonds is 3. The Morgan fingerprint density at radius 1 is 1.24 bits per heavy atom. The standard InChI is InChI=1S/C13H15NO3/c1-2-4-8(5-3-1)6-15-12-9-7-16-13(17-9)11-10(12)14-11/h1-5,9-14H,6-7H2/t9-,10+,11-,12-,13+/m1/s1. The molecule has 0 spiro atoms. The molecular formula is C13H15NO3. The molecule has 4 heteroatoms. The molecule has 90 valence electrons. The molecule has 3 aliphatic rings. The maximum absolute atomic E-state index is 5.99. The molecule has 0 unspecified atom stereocenters. The van der Waals surface area contributed by atoms with Crippen LogP contribution in [-0.4, -0.2) is 37.2 Å². The number of fused-ring (bicyclic) bond motifs is 4. The second-order valence-electron chi connectivity index (χ2n) is 4.86. The van der Waals surface area contributed by atoms with Crippen molar-refractivity contribution in [2.24, 2.45) is 0 Å². The summed E-state index contributed by atoms with van der Waals surface area (Å²) in [4.78, 5) is 0. The van der Waals surface area contributed by atoms with Crippen LogP contribution < -0.4 is 5.32 Å². The van der Waals surface area contributed by atoms with Gasteiger partial charge in [-0.05, 0) is 5.56 Å². The van der Waals surface area contributed by atoms with Crippen molar-refractivity contribution in [3.8, 4) is 0 Å². The van der Waals surface area contributed by atoms with Crippen LogP contribution >= 0.6 is 0 Å². The molecule has 0 radical (unpaired) electrons. The molecule has 3 heterocycles. The third kappa shape index (κ3) is 1.68. The molecule has 0 aromatic heterocycles. The maximum atomic E-state index is 5.99. The summed E-state index contributed by atoms with van der Waals surface area (Å²) in [6.45, 7) is 1.31. The summed E-state index contributed by atoms with van der Waals surface area (Å²) >= 11 is 0. The number of benzene rings is 1. The first-order valence-corrected chi connectivity index (χ1v) is 6.10. The lowest BCUT2D eigenvalue weighted by molar-refractivity contribution is -0.121. The van der Waals surface area contributed by atoms with Crippen LogP contribution in [0.4, 0.5) is 0 Å². The van der Waals surface area contributed by atoms with Gasteiger partial charge in [0, 0.05) is 0 Å². The van der Waals surface area contributed by atoms with Gasteiger partial charge < -0.3 is 19.5 Å². The summed E-state index contributed by atoms with van der Waals surface area (Å²) in [5.74, 6) is 0. The molecule has 0 amide bonds. The van der Waals surface area contributed by atoms with Gasteiger partial charge in [-0.3, -0.25) is 0 Å². The average Bonchev–Trinajstić information content (AvgIpc) is 3.05. The fraction of sp³-hybridized carbons (Fsp3) is 0.538. The van der Waals surface area contributed by atoms with Crippen LogP contribution in [0.5, 0.6) is 0 Å². The van der Waals surface area contributed by atoms with Gasteiger partial charge in [0.15, 0.2) is 6.29 Å². The molecule has 5 atom stereocenters. The SMILES string of the molecule is c1ccc(CO[C@H]2[C@H]3N[C@H]3[C@H]3OC[C@H]2O3)cc1. The Morgan fingerprint density at radius 2 is 2.12 bits per heavy atom. The predicted molar refractivity (Wildman–Crippen MR) is 60.3 cm³/mol. The van der Waals surface area contributed by atoms with Gasteiger partial charge in [0.05, 0.1) is 25.3 Å². The zero-order valence-electron chi connectivity index (χ0n) is 9.41. The van der Waals surface area contributed by atoms with E-state index in [1.807, 2.05) is 18.2 Å². The normalized spacial score (nSPS) is 42.2. The van der Waals surface area contributed by atoms with E-state index in [-0.39, 0.29) is 18.5 Å². The Hall–Kier alpha value is -0.940. The minimum Gasteiger partial charge on any atom is -0.369 e. The Kier molecular flexibility index (Phi) is 2.23.